The van der Waals surface area contributed by atoms with Gasteiger partial charge in [-0.2, -0.15) is 0 Å². The summed E-state index contributed by atoms with van der Waals surface area (Å²) in [5, 5.41) is 0. The summed E-state index contributed by atoms with van der Waals surface area (Å²) in [4.78, 5) is 3.90. The van der Waals surface area contributed by atoms with Crippen LogP contribution in [0.1, 0.15) is 5.56 Å². The fourth-order valence-electron chi connectivity index (χ4n) is 1.59. The number of nitrogens with two attached hydrogens (primary N) is 1. The molecule has 4 N–H and O–H groups in total. The Kier molecular flexibility index (Phi) is 5.33. The highest BCUT2D eigenvalue weighted by Gasteiger charge is 2.19. The third-order valence-corrected chi connectivity index (χ3v) is 5.00. The smallest absolute Gasteiger partial charge is 0.244 e. The number of halogens is 2. The van der Waals surface area contributed by atoms with E-state index < -0.39 is 10.0 Å². The molecule has 112 valence electrons. The van der Waals surface area contributed by atoms with Crippen molar-refractivity contribution in [3.8, 4) is 0 Å². The lowest BCUT2D eigenvalue weighted by Crippen LogP contribution is -2.25. The molecule has 0 spiro atoms. The molecule has 1 aromatic heterocycles. The first-order valence-electron chi connectivity index (χ1n) is 5.78. The predicted octanol–water partition coefficient (Wildman–Crippen LogP) is 2.37. The number of benzene rings is 1. The van der Waals surface area contributed by atoms with Gasteiger partial charge in [-0.25, -0.2) is 24.0 Å². The van der Waals surface area contributed by atoms with Gasteiger partial charge in [0.25, 0.3) is 0 Å². The lowest BCUT2D eigenvalue weighted by Gasteiger charge is -2.10. The predicted molar refractivity (Wildman–Crippen MR) is 87.9 cm³/mol. The molecule has 1 aromatic carbocycles. The number of hydrazine groups is 1. The molecule has 2 aromatic rings. The van der Waals surface area contributed by atoms with Crippen LogP contribution in [0.15, 0.2) is 50.4 Å². The fraction of sp³-hybridized carbons (Fsp3) is 0.0833. The van der Waals surface area contributed by atoms with Gasteiger partial charge in [0.1, 0.15) is 4.90 Å². The van der Waals surface area contributed by atoms with Crippen LogP contribution in [0.3, 0.4) is 0 Å². The minimum absolute atomic E-state index is 0.0171. The van der Waals surface area contributed by atoms with Crippen LogP contribution in [0.5, 0.6) is 0 Å². The average Bonchev–Trinajstić information content (AvgIpc) is 2.47. The molecule has 6 nitrogen and oxygen atoms in total. The summed E-state index contributed by atoms with van der Waals surface area (Å²) in [6.07, 6.45) is 1.46. The molecule has 9 heteroatoms. The first kappa shape index (κ1) is 16.4. The molecule has 2 rings (SSSR count). The topological polar surface area (TPSA) is 97.1 Å². The monoisotopic (exact) mass is 434 g/mol. The van der Waals surface area contributed by atoms with Crippen molar-refractivity contribution in [2.45, 2.75) is 11.4 Å². The van der Waals surface area contributed by atoms with Crippen LogP contribution in [-0.4, -0.2) is 13.4 Å². The highest BCUT2D eigenvalue weighted by molar-refractivity contribution is 9.10. The molecule has 0 radical (unpaired) electrons. The molecular weight excluding hydrogens is 424 g/mol. The molecule has 0 aliphatic heterocycles. The second kappa shape index (κ2) is 6.84. The van der Waals surface area contributed by atoms with Crippen molar-refractivity contribution in [3.05, 3.63) is 51.0 Å². The molecule has 0 bridgehead atoms. The van der Waals surface area contributed by atoms with E-state index in [-0.39, 0.29) is 17.3 Å². The maximum absolute atomic E-state index is 12.3. The Morgan fingerprint density at radius 3 is 2.43 bits per heavy atom. The molecule has 0 fully saturated rings. The van der Waals surface area contributed by atoms with Gasteiger partial charge in [0, 0.05) is 21.7 Å². The molecular formula is C12H12Br2N4O2S. The van der Waals surface area contributed by atoms with Crippen LogP contribution in [0.2, 0.25) is 0 Å². The van der Waals surface area contributed by atoms with Gasteiger partial charge in [-0.05, 0) is 39.7 Å². The third kappa shape index (κ3) is 4.24. The van der Waals surface area contributed by atoms with E-state index in [9.17, 15) is 8.42 Å². The molecule has 0 aliphatic carbocycles. The van der Waals surface area contributed by atoms with Crippen molar-refractivity contribution in [2.75, 3.05) is 5.43 Å². The van der Waals surface area contributed by atoms with Crippen molar-refractivity contribution >= 4 is 47.7 Å². The van der Waals surface area contributed by atoms with E-state index in [0.717, 1.165) is 10.0 Å². The minimum atomic E-state index is -3.73. The van der Waals surface area contributed by atoms with Crippen LogP contribution in [-0.2, 0) is 16.6 Å². The van der Waals surface area contributed by atoms with Crippen LogP contribution in [0, 0.1) is 0 Å². The summed E-state index contributed by atoms with van der Waals surface area (Å²) in [6, 6.07) is 8.78. The average molecular weight is 436 g/mol. The van der Waals surface area contributed by atoms with Gasteiger partial charge in [-0.15, -0.1) is 0 Å². The third-order valence-electron chi connectivity index (χ3n) is 2.63. The first-order valence-corrected chi connectivity index (χ1v) is 8.85. The summed E-state index contributed by atoms with van der Waals surface area (Å²) in [5.41, 5.74) is 3.12. The Balaban J connectivity index is 2.22. The van der Waals surface area contributed by atoms with Gasteiger partial charge in [0.15, 0.2) is 5.82 Å². The number of aromatic nitrogens is 1. The zero-order valence-corrected chi connectivity index (χ0v) is 14.7. The van der Waals surface area contributed by atoms with E-state index in [1.165, 1.54) is 12.3 Å². The number of nitrogens with zero attached hydrogens (tertiary/aromatic N) is 1. The lowest BCUT2D eigenvalue weighted by atomic mass is 10.2. The largest absolute Gasteiger partial charge is 0.307 e. The maximum atomic E-state index is 12.3. The Morgan fingerprint density at radius 2 is 1.81 bits per heavy atom. The first-order chi connectivity index (χ1) is 9.92. The highest BCUT2D eigenvalue weighted by atomic mass is 79.9. The number of sulfonamides is 1. The summed E-state index contributed by atoms with van der Waals surface area (Å²) >= 11 is 6.52. The van der Waals surface area contributed by atoms with E-state index in [1.54, 1.807) is 0 Å². The SMILES string of the molecule is NNc1ncc(Br)cc1S(=O)(=O)NCc1ccc(Br)cc1. The van der Waals surface area contributed by atoms with Gasteiger partial charge in [0.05, 0.1) is 0 Å². The Bertz CT molecular complexity index is 735. The molecule has 1 heterocycles. The zero-order chi connectivity index (χ0) is 15.5. The van der Waals surface area contributed by atoms with Crippen LogP contribution in [0.4, 0.5) is 5.82 Å². The second-order valence-electron chi connectivity index (χ2n) is 4.10. The summed E-state index contributed by atoms with van der Waals surface area (Å²) in [5.74, 6) is 5.38. The number of nitrogens with one attached hydrogen (secondary N) is 2. The van der Waals surface area contributed by atoms with Crippen LogP contribution < -0.4 is 16.0 Å². The highest BCUT2D eigenvalue weighted by Crippen LogP contribution is 2.22. The van der Waals surface area contributed by atoms with Crippen molar-refractivity contribution < 1.29 is 8.42 Å². The molecule has 21 heavy (non-hydrogen) atoms. The Labute approximate surface area is 139 Å². The normalized spacial score (nSPS) is 11.4. The molecule has 0 saturated carbocycles. The van der Waals surface area contributed by atoms with Gasteiger partial charge in [-0.1, -0.05) is 28.1 Å². The quantitative estimate of drug-likeness (QED) is 0.494. The molecule has 0 atom stereocenters. The van der Waals surface area contributed by atoms with Gasteiger partial charge in [0.2, 0.25) is 10.0 Å². The van der Waals surface area contributed by atoms with Gasteiger partial charge < -0.3 is 5.43 Å². The standard InChI is InChI=1S/C12H12Br2N4O2S/c13-9-3-1-8(2-4-9)6-17-21(19,20)11-5-10(14)7-16-12(11)18-15/h1-5,7,17H,6,15H2,(H,16,18). The molecule has 0 amide bonds. The summed E-state index contributed by atoms with van der Waals surface area (Å²) in [6.45, 7) is 0.173. The second-order valence-corrected chi connectivity index (χ2v) is 7.66. The molecule has 0 unspecified atom stereocenters. The summed E-state index contributed by atoms with van der Waals surface area (Å²) < 4.78 is 28.6. The number of rotatable bonds is 5. The van der Waals surface area contributed by atoms with E-state index in [0.29, 0.717) is 4.47 Å². The number of pyridine rings is 1. The fourth-order valence-corrected chi connectivity index (χ4v) is 3.50. The van der Waals surface area contributed by atoms with Gasteiger partial charge >= 0.3 is 0 Å². The lowest BCUT2D eigenvalue weighted by molar-refractivity contribution is 0.581. The van der Waals surface area contributed by atoms with E-state index in [2.05, 4.69) is 47.0 Å². The number of anilines is 1. The zero-order valence-electron chi connectivity index (χ0n) is 10.7. The van der Waals surface area contributed by atoms with Crippen molar-refractivity contribution in [2.24, 2.45) is 5.84 Å². The van der Waals surface area contributed by atoms with E-state index in [1.807, 2.05) is 24.3 Å². The molecule has 0 aliphatic rings. The van der Waals surface area contributed by atoms with Crippen molar-refractivity contribution in [3.63, 3.8) is 0 Å². The Hall–Kier alpha value is -1.00. The number of hydrogen-bond acceptors (Lipinski definition) is 5. The van der Waals surface area contributed by atoms with Crippen LogP contribution >= 0.6 is 31.9 Å². The number of hydrogen-bond donors (Lipinski definition) is 3. The molecule has 0 saturated heterocycles. The van der Waals surface area contributed by atoms with Gasteiger partial charge in [-0.3, -0.25) is 0 Å². The van der Waals surface area contributed by atoms with E-state index in [4.69, 9.17) is 5.84 Å². The Morgan fingerprint density at radius 1 is 1.14 bits per heavy atom. The van der Waals surface area contributed by atoms with Crippen molar-refractivity contribution in [1.82, 2.24) is 9.71 Å². The number of nitrogen functional groups attached to an aromatic ring is 1. The summed E-state index contributed by atoms with van der Waals surface area (Å²) in [7, 11) is -3.73. The van der Waals surface area contributed by atoms with Crippen molar-refractivity contribution in [1.29, 1.82) is 0 Å². The van der Waals surface area contributed by atoms with Crippen LogP contribution in [0.25, 0.3) is 0 Å². The van der Waals surface area contributed by atoms with E-state index >= 15 is 0 Å². The maximum Gasteiger partial charge on any atom is 0.244 e. The minimum Gasteiger partial charge on any atom is -0.307 e.